The van der Waals surface area contributed by atoms with Gasteiger partial charge < -0.3 is 4.90 Å². The highest BCUT2D eigenvalue weighted by Crippen LogP contribution is 2.36. The fourth-order valence-corrected chi connectivity index (χ4v) is 6.27. The van der Waals surface area contributed by atoms with E-state index in [-0.39, 0.29) is 30.2 Å². The lowest BCUT2D eigenvalue weighted by Gasteiger charge is -2.24. The lowest BCUT2D eigenvalue weighted by molar-refractivity contribution is -0.142. The molecule has 0 N–H and O–H groups in total. The van der Waals surface area contributed by atoms with Crippen LogP contribution in [0.5, 0.6) is 0 Å². The van der Waals surface area contributed by atoms with Crippen LogP contribution in [0.2, 0.25) is 0 Å². The van der Waals surface area contributed by atoms with E-state index >= 15 is 0 Å². The number of benzene rings is 2. The molecule has 5 nitrogen and oxygen atoms in total. The Bertz CT molecular complexity index is 1460. The van der Waals surface area contributed by atoms with Crippen LogP contribution in [-0.4, -0.2) is 28.5 Å². The number of aromatic nitrogens is 2. The van der Waals surface area contributed by atoms with Crippen LogP contribution >= 0.6 is 11.3 Å². The van der Waals surface area contributed by atoms with Crippen molar-refractivity contribution in [2.75, 3.05) is 11.9 Å². The van der Waals surface area contributed by atoms with Crippen molar-refractivity contribution in [3.8, 4) is 0 Å². The van der Waals surface area contributed by atoms with Crippen LogP contribution in [0.1, 0.15) is 41.8 Å². The predicted molar refractivity (Wildman–Crippen MR) is 142 cm³/mol. The number of Topliss-reactive ketones (excluding diaryl/α,β-unsaturated/α-hetero) is 1. The maximum absolute atomic E-state index is 13.7. The van der Waals surface area contributed by atoms with Crippen LogP contribution in [0.15, 0.2) is 60.0 Å². The SMILES string of the molecule is CN(C(=O)C(CC(=O)Cn1nc(C(F)(F)F)c2c1CCCC2)Cc1csc2ccccc12)c1ccccc1. The topological polar surface area (TPSA) is 55.2 Å². The number of para-hydroxylation sites is 1. The van der Waals surface area contributed by atoms with E-state index in [9.17, 15) is 22.8 Å². The number of fused-ring (bicyclic) bond motifs is 2. The molecule has 2 aromatic carbocycles. The smallest absolute Gasteiger partial charge is 0.315 e. The van der Waals surface area contributed by atoms with Gasteiger partial charge in [-0.15, -0.1) is 11.3 Å². The molecule has 5 rings (SSSR count). The summed E-state index contributed by atoms with van der Waals surface area (Å²) in [5.41, 5.74) is 1.50. The molecule has 4 aromatic rings. The molecule has 0 bridgehead atoms. The number of thiophene rings is 1. The Morgan fingerprint density at radius 2 is 1.76 bits per heavy atom. The minimum Gasteiger partial charge on any atom is -0.315 e. The quantitative estimate of drug-likeness (QED) is 0.258. The summed E-state index contributed by atoms with van der Waals surface area (Å²) < 4.78 is 43.2. The third-order valence-electron chi connectivity index (χ3n) is 7.18. The summed E-state index contributed by atoms with van der Waals surface area (Å²) in [6, 6.07) is 17.1. The van der Waals surface area contributed by atoms with Gasteiger partial charge in [-0.3, -0.25) is 14.3 Å². The predicted octanol–water partition coefficient (Wildman–Crippen LogP) is 6.48. The molecule has 1 aliphatic rings. The average molecular weight is 540 g/mol. The van der Waals surface area contributed by atoms with Gasteiger partial charge in [-0.1, -0.05) is 36.4 Å². The molecule has 0 spiro atoms. The van der Waals surface area contributed by atoms with E-state index in [1.165, 1.54) is 4.68 Å². The van der Waals surface area contributed by atoms with E-state index in [1.54, 1.807) is 23.3 Å². The molecule has 1 unspecified atom stereocenters. The van der Waals surface area contributed by atoms with Crippen molar-refractivity contribution in [3.63, 3.8) is 0 Å². The van der Waals surface area contributed by atoms with Crippen LogP contribution < -0.4 is 4.90 Å². The Labute approximate surface area is 222 Å². The summed E-state index contributed by atoms with van der Waals surface area (Å²) in [7, 11) is 1.68. The molecule has 0 saturated carbocycles. The van der Waals surface area contributed by atoms with Crippen LogP contribution in [0, 0.1) is 5.92 Å². The van der Waals surface area contributed by atoms with Gasteiger partial charge in [0.05, 0.1) is 6.54 Å². The molecule has 0 fully saturated rings. The van der Waals surface area contributed by atoms with Gasteiger partial charge in [-0.2, -0.15) is 18.3 Å². The standard InChI is InChI=1S/C29H28F3N3O2S/c1-34(21-9-3-2-4-10-21)28(37)19(15-20-18-38-26-14-8-6-11-23(20)26)16-22(36)17-35-25-13-7-5-12-24(25)27(33-35)29(30,31)32/h2-4,6,8-11,14,18-19H,5,7,12-13,15-17H2,1H3. The number of halogens is 3. The Morgan fingerprint density at radius 1 is 1.05 bits per heavy atom. The van der Waals surface area contributed by atoms with Crippen molar-refractivity contribution < 1.29 is 22.8 Å². The zero-order chi connectivity index (χ0) is 26.9. The minimum absolute atomic E-state index is 0.0871. The maximum Gasteiger partial charge on any atom is 0.435 e. The van der Waals surface area contributed by atoms with Gasteiger partial charge in [0, 0.05) is 41.0 Å². The average Bonchev–Trinajstić information content (AvgIpc) is 3.50. The van der Waals surface area contributed by atoms with Gasteiger partial charge >= 0.3 is 6.18 Å². The minimum atomic E-state index is -4.56. The second-order valence-electron chi connectivity index (χ2n) is 9.77. The van der Waals surface area contributed by atoms with Crippen molar-refractivity contribution in [2.24, 2.45) is 5.92 Å². The molecule has 0 saturated heterocycles. The van der Waals surface area contributed by atoms with Gasteiger partial charge in [0.1, 0.15) is 0 Å². The zero-order valence-corrected chi connectivity index (χ0v) is 21.8. The Balaban J connectivity index is 1.41. The Morgan fingerprint density at radius 3 is 2.53 bits per heavy atom. The van der Waals surface area contributed by atoms with Crippen molar-refractivity contribution in [2.45, 2.75) is 51.2 Å². The summed E-state index contributed by atoms with van der Waals surface area (Å²) in [4.78, 5) is 28.5. The van der Waals surface area contributed by atoms with Crippen LogP contribution in [0.25, 0.3) is 10.1 Å². The number of alkyl halides is 3. The number of hydrogen-bond acceptors (Lipinski definition) is 4. The monoisotopic (exact) mass is 539 g/mol. The van der Waals surface area contributed by atoms with E-state index in [0.29, 0.717) is 37.1 Å². The van der Waals surface area contributed by atoms with Gasteiger partial charge in [-0.05, 0) is 66.6 Å². The van der Waals surface area contributed by atoms with Crippen molar-refractivity contribution >= 4 is 38.8 Å². The normalized spacial score (nSPS) is 14.3. The summed E-state index contributed by atoms with van der Waals surface area (Å²) in [6.07, 6.45) is -2.08. The molecule has 0 aliphatic heterocycles. The van der Waals surface area contributed by atoms with Gasteiger partial charge in [0.25, 0.3) is 0 Å². The van der Waals surface area contributed by atoms with Gasteiger partial charge in [0.15, 0.2) is 11.5 Å². The van der Waals surface area contributed by atoms with Crippen LogP contribution in [0.4, 0.5) is 18.9 Å². The fraction of sp³-hybridized carbons (Fsp3) is 0.345. The van der Waals surface area contributed by atoms with Crippen LogP contribution in [-0.2, 0) is 41.6 Å². The molecule has 1 atom stereocenters. The molecule has 2 heterocycles. The fourth-order valence-electron chi connectivity index (χ4n) is 5.29. The van der Waals surface area contributed by atoms with E-state index in [2.05, 4.69) is 5.10 Å². The van der Waals surface area contributed by atoms with Crippen molar-refractivity contribution in [1.82, 2.24) is 9.78 Å². The zero-order valence-electron chi connectivity index (χ0n) is 21.0. The number of carbonyl (C=O) groups excluding carboxylic acids is 2. The first kappa shape index (κ1) is 26.2. The second kappa shape index (κ2) is 10.7. The maximum atomic E-state index is 13.7. The summed E-state index contributed by atoms with van der Waals surface area (Å²) in [6.45, 7) is -0.276. The van der Waals surface area contributed by atoms with Crippen molar-refractivity contribution in [3.05, 3.63) is 82.5 Å². The second-order valence-corrected chi connectivity index (χ2v) is 10.7. The van der Waals surface area contributed by atoms with Crippen LogP contribution in [0.3, 0.4) is 0 Å². The molecule has 9 heteroatoms. The number of hydrogen-bond donors (Lipinski definition) is 0. The highest BCUT2D eigenvalue weighted by molar-refractivity contribution is 7.17. The number of amides is 1. The first-order valence-electron chi connectivity index (χ1n) is 12.7. The van der Waals surface area contributed by atoms with E-state index in [0.717, 1.165) is 22.1 Å². The molecule has 198 valence electrons. The highest BCUT2D eigenvalue weighted by Gasteiger charge is 2.40. The summed E-state index contributed by atoms with van der Waals surface area (Å²) in [5.74, 6) is -1.19. The van der Waals surface area contributed by atoms with Gasteiger partial charge in [0.2, 0.25) is 5.91 Å². The molecule has 38 heavy (non-hydrogen) atoms. The first-order chi connectivity index (χ1) is 18.2. The van der Waals surface area contributed by atoms with E-state index in [1.807, 2.05) is 60.0 Å². The molecular weight excluding hydrogens is 511 g/mol. The molecular formula is C29H28F3N3O2S. The Hall–Kier alpha value is -3.46. The van der Waals surface area contributed by atoms with Crippen molar-refractivity contribution in [1.29, 1.82) is 0 Å². The third kappa shape index (κ3) is 5.38. The first-order valence-corrected chi connectivity index (χ1v) is 13.6. The molecule has 2 aromatic heterocycles. The third-order valence-corrected chi connectivity index (χ3v) is 8.19. The van der Waals surface area contributed by atoms with Gasteiger partial charge in [-0.25, -0.2) is 0 Å². The number of carbonyl (C=O) groups is 2. The Kier molecular flexibility index (Phi) is 7.38. The molecule has 1 aliphatic carbocycles. The van der Waals surface area contributed by atoms with E-state index < -0.39 is 17.8 Å². The largest absolute Gasteiger partial charge is 0.435 e. The number of anilines is 1. The lowest BCUT2D eigenvalue weighted by atomic mass is 9.92. The summed E-state index contributed by atoms with van der Waals surface area (Å²) >= 11 is 1.58. The lowest BCUT2D eigenvalue weighted by Crippen LogP contribution is -2.35. The number of rotatable bonds is 8. The molecule has 0 radical (unpaired) electrons. The number of ketones is 1. The number of nitrogens with zero attached hydrogens (tertiary/aromatic N) is 3. The molecule has 1 amide bonds. The van der Waals surface area contributed by atoms with E-state index in [4.69, 9.17) is 0 Å². The summed E-state index contributed by atoms with van der Waals surface area (Å²) in [5, 5.41) is 6.89. The highest BCUT2D eigenvalue weighted by atomic mass is 32.1.